The van der Waals surface area contributed by atoms with Crippen LogP contribution < -0.4 is 5.32 Å². The SMILES string of the molecule is CNCc1cc(-c2ccc(C)c([N+](=O)[O-])c2)on1. The Kier molecular flexibility index (Phi) is 3.38. The largest absolute Gasteiger partial charge is 0.356 e. The highest BCUT2D eigenvalue weighted by atomic mass is 16.6. The van der Waals surface area contributed by atoms with Crippen molar-refractivity contribution in [3.8, 4) is 11.3 Å². The van der Waals surface area contributed by atoms with E-state index in [2.05, 4.69) is 10.5 Å². The van der Waals surface area contributed by atoms with Crippen molar-refractivity contribution in [3.05, 3.63) is 45.6 Å². The number of nitrogens with zero attached hydrogens (tertiary/aromatic N) is 2. The summed E-state index contributed by atoms with van der Waals surface area (Å²) < 4.78 is 5.17. The van der Waals surface area contributed by atoms with Gasteiger partial charge in [-0.3, -0.25) is 10.1 Å². The maximum Gasteiger partial charge on any atom is 0.273 e. The molecule has 0 saturated heterocycles. The van der Waals surface area contributed by atoms with Crippen LogP contribution >= 0.6 is 0 Å². The second-order valence-electron chi connectivity index (χ2n) is 3.97. The van der Waals surface area contributed by atoms with Crippen molar-refractivity contribution >= 4 is 5.69 Å². The topological polar surface area (TPSA) is 81.2 Å². The van der Waals surface area contributed by atoms with Crippen LogP contribution in [-0.4, -0.2) is 17.1 Å². The Bertz CT molecular complexity index is 578. The second kappa shape index (κ2) is 4.97. The van der Waals surface area contributed by atoms with Gasteiger partial charge in [0.2, 0.25) is 0 Å². The van der Waals surface area contributed by atoms with Crippen LogP contribution in [0.5, 0.6) is 0 Å². The standard InChI is InChI=1S/C12H13N3O3/c1-8-3-4-9(5-11(8)15(16)17)12-6-10(7-13-2)14-18-12/h3-6,13H,7H2,1-2H3. The third-order valence-electron chi connectivity index (χ3n) is 2.61. The molecular weight excluding hydrogens is 234 g/mol. The number of hydrogen-bond donors (Lipinski definition) is 1. The molecule has 0 amide bonds. The predicted octanol–water partition coefficient (Wildman–Crippen LogP) is 2.28. The van der Waals surface area contributed by atoms with E-state index in [0.29, 0.717) is 23.4 Å². The number of hydrogen-bond acceptors (Lipinski definition) is 5. The van der Waals surface area contributed by atoms with Crippen LogP contribution in [0.3, 0.4) is 0 Å². The predicted molar refractivity (Wildman–Crippen MR) is 66.1 cm³/mol. The molecule has 0 spiro atoms. The van der Waals surface area contributed by atoms with E-state index in [0.717, 1.165) is 5.69 Å². The summed E-state index contributed by atoms with van der Waals surface area (Å²) in [4.78, 5) is 10.5. The lowest BCUT2D eigenvalue weighted by Crippen LogP contribution is -2.04. The summed E-state index contributed by atoms with van der Waals surface area (Å²) in [5.74, 6) is 0.531. The minimum Gasteiger partial charge on any atom is -0.356 e. The molecule has 1 aromatic heterocycles. The van der Waals surface area contributed by atoms with Crippen LogP contribution in [0.15, 0.2) is 28.8 Å². The second-order valence-corrected chi connectivity index (χ2v) is 3.97. The van der Waals surface area contributed by atoms with Crippen molar-refractivity contribution in [1.29, 1.82) is 0 Å². The zero-order chi connectivity index (χ0) is 13.1. The fraction of sp³-hybridized carbons (Fsp3) is 0.250. The first-order valence-corrected chi connectivity index (χ1v) is 5.47. The Balaban J connectivity index is 2.38. The molecule has 0 aliphatic heterocycles. The van der Waals surface area contributed by atoms with Gasteiger partial charge in [-0.05, 0) is 14.0 Å². The van der Waals surface area contributed by atoms with E-state index in [1.807, 2.05) is 7.05 Å². The summed E-state index contributed by atoms with van der Waals surface area (Å²) in [6.07, 6.45) is 0. The molecule has 0 radical (unpaired) electrons. The summed E-state index contributed by atoms with van der Waals surface area (Å²) in [7, 11) is 1.81. The summed E-state index contributed by atoms with van der Waals surface area (Å²) in [5.41, 5.74) is 2.12. The molecule has 0 aliphatic carbocycles. The molecule has 18 heavy (non-hydrogen) atoms. The van der Waals surface area contributed by atoms with Gasteiger partial charge in [-0.1, -0.05) is 17.3 Å². The van der Waals surface area contributed by atoms with Crippen molar-refractivity contribution < 1.29 is 9.45 Å². The zero-order valence-corrected chi connectivity index (χ0v) is 10.1. The van der Waals surface area contributed by atoms with Gasteiger partial charge in [-0.2, -0.15) is 0 Å². The van der Waals surface area contributed by atoms with Gasteiger partial charge in [0.1, 0.15) is 0 Å². The fourth-order valence-corrected chi connectivity index (χ4v) is 1.67. The lowest BCUT2D eigenvalue weighted by molar-refractivity contribution is -0.385. The first-order chi connectivity index (χ1) is 8.61. The van der Waals surface area contributed by atoms with Gasteiger partial charge < -0.3 is 9.84 Å². The first-order valence-electron chi connectivity index (χ1n) is 5.47. The number of aromatic nitrogens is 1. The number of nitro benzene ring substituents is 1. The van der Waals surface area contributed by atoms with E-state index < -0.39 is 4.92 Å². The molecule has 0 bridgehead atoms. The van der Waals surface area contributed by atoms with E-state index in [1.54, 1.807) is 25.1 Å². The number of nitro groups is 1. The monoisotopic (exact) mass is 247 g/mol. The van der Waals surface area contributed by atoms with E-state index in [1.165, 1.54) is 6.07 Å². The molecular formula is C12H13N3O3. The average molecular weight is 247 g/mol. The highest BCUT2D eigenvalue weighted by molar-refractivity contribution is 5.62. The summed E-state index contributed by atoms with van der Waals surface area (Å²) in [6, 6.07) is 6.75. The Morgan fingerprint density at radius 1 is 1.44 bits per heavy atom. The van der Waals surface area contributed by atoms with E-state index in [9.17, 15) is 10.1 Å². The minimum absolute atomic E-state index is 0.0825. The average Bonchev–Trinajstić information content (AvgIpc) is 2.78. The third-order valence-corrected chi connectivity index (χ3v) is 2.61. The molecule has 94 valence electrons. The number of nitrogens with one attached hydrogen (secondary N) is 1. The molecule has 0 aliphatic rings. The molecule has 6 heteroatoms. The van der Waals surface area contributed by atoms with Crippen LogP contribution in [0.2, 0.25) is 0 Å². The quantitative estimate of drug-likeness (QED) is 0.662. The van der Waals surface area contributed by atoms with E-state index in [-0.39, 0.29) is 5.69 Å². The van der Waals surface area contributed by atoms with Crippen LogP contribution in [0, 0.1) is 17.0 Å². The van der Waals surface area contributed by atoms with Crippen molar-refractivity contribution in [3.63, 3.8) is 0 Å². The van der Waals surface area contributed by atoms with E-state index >= 15 is 0 Å². The Morgan fingerprint density at radius 2 is 2.22 bits per heavy atom. The molecule has 6 nitrogen and oxygen atoms in total. The van der Waals surface area contributed by atoms with Crippen LogP contribution in [-0.2, 0) is 6.54 Å². The molecule has 2 aromatic rings. The smallest absolute Gasteiger partial charge is 0.273 e. The molecule has 0 unspecified atom stereocenters. The van der Waals surface area contributed by atoms with Gasteiger partial charge >= 0.3 is 0 Å². The minimum atomic E-state index is -0.399. The van der Waals surface area contributed by atoms with Gasteiger partial charge in [0, 0.05) is 29.8 Å². The molecule has 0 fully saturated rings. The highest BCUT2D eigenvalue weighted by Crippen LogP contribution is 2.27. The molecule has 1 heterocycles. The van der Waals surface area contributed by atoms with Gasteiger partial charge in [-0.15, -0.1) is 0 Å². The molecule has 0 saturated carbocycles. The van der Waals surface area contributed by atoms with Crippen LogP contribution in [0.25, 0.3) is 11.3 Å². The van der Waals surface area contributed by atoms with Crippen molar-refractivity contribution in [1.82, 2.24) is 10.5 Å². The first kappa shape index (κ1) is 12.3. The highest BCUT2D eigenvalue weighted by Gasteiger charge is 2.14. The Morgan fingerprint density at radius 3 is 2.89 bits per heavy atom. The summed E-state index contributed by atoms with van der Waals surface area (Å²) in [5, 5.41) is 17.7. The van der Waals surface area contributed by atoms with Crippen molar-refractivity contribution in [2.24, 2.45) is 0 Å². The lowest BCUT2D eigenvalue weighted by atomic mass is 10.1. The van der Waals surface area contributed by atoms with Gasteiger partial charge in [-0.25, -0.2) is 0 Å². The van der Waals surface area contributed by atoms with Crippen molar-refractivity contribution in [2.75, 3.05) is 7.05 Å². The maximum atomic E-state index is 10.9. The van der Waals surface area contributed by atoms with Gasteiger partial charge in [0.05, 0.1) is 10.6 Å². The Labute approximate surface area is 104 Å². The number of aryl methyl sites for hydroxylation is 1. The number of benzene rings is 1. The normalized spacial score (nSPS) is 10.6. The third kappa shape index (κ3) is 2.38. The molecule has 2 rings (SSSR count). The summed E-state index contributed by atoms with van der Waals surface area (Å²) >= 11 is 0. The number of rotatable bonds is 4. The van der Waals surface area contributed by atoms with Crippen LogP contribution in [0.4, 0.5) is 5.69 Å². The zero-order valence-electron chi connectivity index (χ0n) is 10.1. The van der Waals surface area contributed by atoms with E-state index in [4.69, 9.17) is 4.52 Å². The molecule has 0 atom stereocenters. The molecule has 1 N–H and O–H groups in total. The maximum absolute atomic E-state index is 10.9. The molecule has 1 aromatic carbocycles. The summed E-state index contributed by atoms with van der Waals surface area (Å²) in [6.45, 7) is 2.30. The fourth-order valence-electron chi connectivity index (χ4n) is 1.67. The van der Waals surface area contributed by atoms with Crippen LogP contribution in [0.1, 0.15) is 11.3 Å². The van der Waals surface area contributed by atoms with Gasteiger partial charge in [0.15, 0.2) is 5.76 Å². The van der Waals surface area contributed by atoms with Crippen molar-refractivity contribution in [2.45, 2.75) is 13.5 Å². The van der Waals surface area contributed by atoms with Gasteiger partial charge in [0.25, 0.3) is 5.69 Å². The lowest BCUT2D eigenvalue weighted by Gasteiger charge is -1.99. The Hall–Kier alpha value is -2.21.